The minimum atomic E-state index is 0.883. The van der Waals surface area contributed by atoms with Crippen molar-refractivity contribution in [1.82, 2.24) is 9.97 Å². The molecule has 172 valence electrons. The molecule has 2 aromatic heterocycles. The number of aliphatic imine (C=N–C) groups is 2. The Morgan fingerprint density at radius 1 is 0.576 bits per heavy atom. The van der Waals surface area contributed by atoms with Crippen molar-refractivity contribution in [1.29, 1.82) is 0 Å². The molecule has 0 unspecified atom stereocenters. The molecule has 0 saturated carbocycles. The molecule has 0 saturated heterocycles. The van der Waals surface area contributed by atoms with E-state index in [9.17, 15) is 0 Å². The summed E-state index contributed by atoms with van der Waals surface area (Å²) in [7, 11) is 0. The number of aryl methyl sites for hydroxylation is 2. The molecule has 33 heavy (non-hydrogen) atoms. The molecule has 4 rings (SSSR count). The lowest BCUT2D eigenvalue weighted by Crippen LogP contribution is -2.01. The van der Waals surface area contributed by atoms with Gasteiger partial charge in [-0.05, 0) is 126 Å². The van der Waals surface area contributed by atoms with Gasteiger partial charge in [-0.2, -0.15) is 0 Å². The highest BCUT2D eigenvalue weighted by Crippen LogP contribution is 2.33. The highest BCUT2D eigenvalue weighted by molar-refractivity contribution is 6.04. The number of aromatic nitrogens is 2. The van der Waals surface area contributed by atoms with Crippen LogP contribution in [0.4, 0.5) is 0 Å². The summed E-state index contributed by atoms with van der Waals surface area (Å²) in [6.07, 6.45) is 5.28. The molecule has 2 N–H and O–H groups in total. The summed E-state index contributed by atoms with van der Waals surface area (Å²) >= 11 is 0. The predicted molar refractivity (Wildman–Crippen MR) is 142 cm³/mol. The zero-order valence-corrected chi connectivity index (χ0v) is 21.8. The van der Waals surface area contributed by atoms with Crippen LogP contribution in [-0.4, -0.2) is 21.4 Å². The van der Waals surface area contributed by atoms with Crippen LogP contribution < -0.4 is 0 Å². The normalized spacial score (nSPS) is 19.0. The quantitative estimate of drug-likeness (QED) is 0.497. The van der Waals surface area contributed by atoms with E-state index in [2.05, 4.69) is 91.4 Å². The van der Waals surface area contributed by atoms with Crippen molar-refractivity contribution in [3.63, 3.8) is 0 Å². The first kappa shape index (κ1) is 23.0. The van der Waals surface area contributed by atoms with E-state index >= 15 is 0 Å². The van der Waals surface area contributed by atoms with E-state index in [1.807, 2.05) is 0 Å². The lowest BCUT2D eigenvalue weighted by Gasteiger charge is -2.07. The molecule has 2 aromatic rings. The van der Waals surface area contributed by atoms with Crippen LogP contribution in [0.5, 0.6) is 0 Å². The second-order valence-electron chi connectivity index (χ2n) is 9.66. The highest BCUT2D eigenvalue weighted by atomic mass is 14.8. The van der Waals surface area contributed by atoms with Gasteiger partial charge in [0.15, 0.2) is 0 Å². The van der Waals surface area contributed by atoms with Crippen molar-refractivity contribution in [3.05, 3.63) is 78.7 Å². The summed E-state index contributed by atoms with van der Waals surface area (Å²) in [5.74, 6) is 0. The maximum absolute atomic E-state index is 4.94. The smallest absolute Gasteiger partial charge is 0.0686 e. The van der Waals surface area contributed by atoms with Crippen molar-refractivity contribution in [2.24, 2.45) is 9.98 Å². The van der Waals surface area contributed by atoms with E-state index in [1.165, 1.54) is 55.9 Å². The molecule has 0 spiro atoms. The van der Waals surface area contributed by atoms with Gasteiger partial charge >= 0.3 is 0 Å². The van der Waals surface area contributed by atoms with Crippen LogP contribution in [0.2, 0.25) is 0 Å². The summed E-state index contributed by atoms with van der Waals surface area (Å²) in [5, 5.41) is 0. The summed E-state index contributed by atoms with van der Waals surface area (Å²) in [6, 6.07) is 0. The Morgan fingerprint density at radius 3 is 1.67 bits per heavy atom. The van der Waals surface area contributed by atoms with Crippen molar-refractivity contribution in [2.45, 2.75) is 75.7 Å². The minimum absolute atomic E-state index is 0.883. The fraction of sp³-hybridized carbons (Fsp3) is 0.379. The summed E-state index contributed by atoms with van der Waals surface area (Å²) < 4.78 is 0. The zero-order valence-electron chi connectivity index (χ0n) is 21.8. The van der Waals surface area contributed by atoms with E-state index in [0.717, 1.165) is 40.6 Å². The number of allylic oxidation sites excluding steroid dienone is 4. The van der Waals surface area contributed by atoms with Gasteiger partial charge in [0.25, 0.3) is 0 Å². The van der Waals surface area contributed by atoms with Crippen molar-refractivity contribution in [2.75, 3.05) is 0 Å². The van der Waals surface area contributed by atoms with Gasteiger partial charge in [-0.25, -0.2) is 0 Å². The average Bonchev–Trinajstić information content (AvgIpc) is 3.36. The van der Waals surface area contributed by atoms with Crippen LogP contribution in [0.3, 0.4) is 0 Å². The van der Waals surface area contributed by atoms with E-state index < -0.39 is 0 Å². The number of hydrogen-bond acceptors (Lipinski definition) is 2. The molecule has 4 heteroatoms. The van der Waals surface area contributed by atoms with Gasteiger partial charge in [0.05, 0.1) is 11.4 Å². The van der Waals surface area contributed by atoms with Gasteiger partial charge < -0.3 is 9.97 Å². The molecular formula is C29H36N4. The molecule has 4 nitrogen and oxygen atoms in total. The molecule has 0 radical (unpaired) electrons. The molecule has 0 aliphatic carbocycles. The van der Waals surface area contributed by atoms with Gasteiger partial charge in [0, 0.05) is 40.6 Å². The zero-order chi connectivity index (χ0) is 24.2. The van der Waals surface area contributed by atoms with Gasteiger partial charge in [0.1, 0.15) is 0 Å². The van der Waals surface area contributed by atoms with Gasteiger partial charge in [-0.1, -0.05) is 0 Å². The number of nitrogens with zero attached hydrogens (tertiary/aromatic N) is 2. The number of hydrogen-bond donors (Lipinski definition) is 2. The Labute approximate surface area is 198 Å². The Balaban J connectivity index is 1.68. The van der Waals surface area contributed by atoms with E-state index in [4.69, 9.17) is 9.98 Å². The Kier molecular flexibility index (Phi) is 5.81. The molecule has 0 bridgehead atoms. The molecule has 2 aliphatic rings. The van der Waals surface area contributed by atoms with Crippen molar-refractivity contribution >= 4 is 23.6 Å². The maximum Gasteiger partial charge on any atom is 0.0686 e. The first-order valence-electron chi connectivity index (χ1n) is 11.8. The number of H-pyrrole nitrogens is 2. The fourth-order valence-corrected chi connectivity index (χ4v) is 4.80. The van der Waals surface area contributed by atoms with E-state index in [0.29, 0.717) is 0 Å². The van der Waals surface area contributed by atoms with Crippen LogP contribution in [0.15, 0.2) is 43.7 Å². The largest absolute Gasteiger partial charge is 0.359 e. The molecule has 0 fully saturated rings. The van der Waals surface area contributed by atoms with E-state index in [-0.39, 0.29) is 0 Å². The van der Waals surface area contributed by atoms with Gasteiger partial charge in [-0.3, -0.25) is 9.98 Å². The number of rotatable bonds is 4. The third-order valence-electron chi connectivity index (χ3n) is 7.74. The molecule has 0 amide bonds. The van der Waals surface area contributed by atoms with Crippen molar-refractivity contribution < 1.29 is 0 Å². The third-order valence-corrected chi connectivity index (χ3v) is 7.74. The Bertz CT molecular complexity index is 1360. The lowest BCUT2D eigenvalue weighted by molar-refractivity contribution is 1.12. The molecule has 2 aliphatic heterocycles. The third kappa shape index (κ3) is 3.92. The Morgan fingerprint density at radius 2 is 1.12 bits per heavy atom. The first-order chi connectivity index (χ1) is 15.5. The first-order valence-corrected chi connectivity index (χ1v) is 11.8. The van der Waals surface area contributed by atoms with Gasteiger partial charge in [-0.15, -0.1) is 0 Å². The number of aromatic amines is 2. The molecule has 0 aromatic carbocycles. The summed E-state index contributed by atoms with van der Waals surface area (Å²) in [6.45, 7) is 21.6. The summed E-state index contributed by atoms with van der Waals surface area (Å²) in [4.78, 5) is 16.8. The maximum atomic E-state index is 4.94. The molecule has 4 heterocycles. The predicted octanol–water partition coefficient (Wildman–Crippen LogP) is 7.41. The van der Waals surface area contributed by atoms with Crippen LogP contribution in [-0.2, 0) is 6.42 Å². The highest BCUT2D eigenvalue weighted by Gasteiger charge is 2.22. The van der Waals surface area contributed by atoms with Crippen molar-refractivity contribution in [3.8, 4) is 0 Å². The fourth-order valence-electron chi connectivity index (χ4n) is 4.80. The second-order valence-corrected chi connectivity index (χ2v) is 9.66. The van der Waals surface area contributed by atoms with E-state index in [1.54, 1.807) is 0 Å². The lowest BCUT2D eigenvalue weighted by atomic mass is 9.95. The topological polar surface area (TPSA) is 56.3 Å². The SMILES string of the molecule is CC1=N/C(=C\c2[nH]c(C)c(CC3=C(C)/C(=C/c4[nH]c(C)c(C)c4C)N=C3C)c2C)C(C)=C1C. The van der Waals surface area contributed by atoms with Crippen LogP contribution in [0.1, 0.15) is 79.6 Å². The van der Waals surface area contributed by atoms with Crippen LogP contribution in [0, 0.1) is 34.6 Å². The van der Waals surface area contributed by atoms with Gasteiger partial charge in [0.2, 0.25) is 0 Å². The summed E-state index contributed by atoms with van der Waals surface area (Å²) in [5.41, 5.74) is 19.5. The molecule has 0 atom stereocenters. The Hall–Kier alpha value is -3.14. The average molecular weight is 441 g/mol. The monoisotopic (exact) mass is 440 g/mol. The second kappa shape index (κ2) is 8.33. The minimum Gasteiger partial charge on any atom is -0.359 e. The standard InChI is InChI=1S/C29H36N4/c1-14-16(3)26(30-20(14)7)12-28-18(5)24(22(9)32-28)11-25-19(6)29(33-23(25)10)13-27-17(4)15(2)21(8)31-27/h12-13,30,33H,11H2,1-10H3/b27-13-,28-12-. The number of nitrogens with one attached hydrogen (secondary N) is 2. The van der Waals surface area contributed by atoms with Crippen LogP contribution >= 0.6 is 0 Å². The van der Waals surface area contributed by atoms with Crippen LogP contribution in [0.25, 0.3) is 12.2 Å². The molecular weight excluding hydrogens is 404 g/mol.